The molecular weight excluding hydrogens is 138 g/mol. The van der Waals surface area contributed by atoms with Crippen LogP contribution in [0.5, 0.6) is 0 Å². The van der Waals surface area contributed by atoms with E-state index in [0.29, 0.717) is 11.9 Å². The van der Waals surface area contributed by atoms with Crippen molar-refractivity contribution in [2.75, 3.05) is 13.1 Å². The molecule has 0 rings (SSSR count). The standard InChI is InChI=1S/C8H19N3/c1-4-7(2)10-5-6-11-8(3)9/h7,10H,4-6H2,1-3H3,(H2,9,11). The summed E-state index contributed by atoms with van der Waals surface area (Å²) < 4.78 is 0. The number of nitrogens with two attached hydrogens (primary N) is 1. The minimum Gasteiger partial charge on any atom is -0.388 e. The summed E-state index contributed by atoms with van der Waals surface area (Å²) in [6, 6.07) is 0.586. The molecule has 0 aromatic heterocycles. The fraction of sp³-hybridized carbons (Fsp3) is 0.875. The second-order valence-electron chi connectivity index (χ2n) is 2.79. The average Bonchev–Trinajstić information content (AvgIpc) is 1.97. The molecule has 0 spiro atoms. The maximum Gasteiger partial charge on any atom is 0.0906 e. The Morgan fingerprint density at radius 1 is 1.64 bits per heavy atom. The summed E-state index contributed by atoms with van der Waals surface area (Å²) in [6.07, 6.45) is 1.16. The second-order valence-corrected chi connectivity index (χ2v) is 2.79. The number of nitrogens with one attached hydrogen (secondary N) is 1. The molecule has 3 N–H and O–H groups in total. The highest BCUT2D eigenvalue weighted by Gasteiger charge is 1.93. The number of aliphatic imine (C=N–C) groups is 1. The summed E-state index contributed by atoms with van der Waals surface area (Å²) in [4.78, 5) is 4.06. The van der Waals surface area contributed by atoms with Crippen molar-refractivity contribution >= 4 is 5.84 Å². The van der Waals surface area contributed by atoms with E-state index in [0.717, 1.165) is 19.5 Å². The molecule has 1 atom stereocenters. The van der Waals surface area contributed by atoms with Crippen LogP contribution in [0.1, 0.15) is 27.2 Å². The van der Waals surface area contributed by atoms with Crippen LogP contribution in [-0.2, 0) is 0 Å². The van der Waals surface area contributed by atoms with Gasteiger partial charge in [-0.2, -0.15) is 0 Å². The molecule has 1 unspecified atom stereocenters. The van der Waals surface area contributed by atoms with Gasteiger partial charge in [-0.3, -0.25) is 4.99 Å². The summed E-state index contributed by atoms with van der Waals surface area (Å²) in [5.41, 5.74) is 5.36. The number of hydrogen-bond donors (Lipinski definition) is 2. The van der Waals surface area contributed by atoms with Crippen molar-refractivity contribution in [2.45, 2.75) is 33.2 Å². The van der Waals surface area contributed by atoms with Gasteiger partial charge in [0.2, 0.25) is 0 Å². The van der Waals surface area contributed by atoms with Crippen molar-refractivity contribution in [3.8, 4) is 0 Å². The third-order valence-electron chi connectivity index (χ3n) is 1.58. The Labute approximate surface area is 69.1 Å². The number of amidine groups is 1. The largest absolute Gasteiger partial charge is 0.388 e. The lowest BCUT2D eigenvalue weighted by atomic mass is 10.3. The van der Waals surface area contributed by atoms with Crippen LogP contribution in [0.3, 0.4) is 0 Å². The van der Waals surface area contributed by atoms with Crippen LogP contribution in [0.4, 0.5) is 0 Å². The van der Waals surface area contributed by atoms with Gasteiger partial charge in [-0.15, -0.1) is 0 Å². The van der Waals surface area contributed by atoms with E-state index >= 15 is 0 Å². The zero-order chi connectivity index (χ0) is 8.69. The van der Waals surface area contributed by atoms with Gasteiger partial charge >= 0.3 is 0 Å². The molecule has 0 bridgehead atoms. The molecule has 0 aliphatic carbocycles. The predicted octanol–water partition coefficient (Wildman–Crippen LogP) is 0.752. The Balaban J connectivity index is 3.21. The van der Waals surface area contributed by atoms with E-state index in [4.69, 9.17) is 5.73 Å². The molecule has 11 heavy (non-hydrogen) atoms. The van der Waals surface area contributed by atoms with Gasteiger partial charge in [-0.05, 0) is 20.3 Å². The van der Waals surface area contributed by atoms with Crippen LogP contribution < -0.4 is 11.1 Å². The molecule has 0 fully saturated rings. The fourth-order valence-corrected chi connectivity index (χ4v) is 0.688. The maximum absolute atomic E-state index is 5.36. The predicted molar refractivity (Wildman–Crippen MR) is 49.9 cm³/mol. The minimum absolute atomic E-state index is 0.586. The van der Waals surface area contributed by atoms with Gasteiger partial charge in [0.25, 0.3) is 0 Å². The van der Waals surface area contributed by atoms with Crippen LogP contribution in [0, 0.1) is 0 Å². The Hall–Kier alpha value is -0.570. The SMILES string of the molecule is CCC(C)NCCN=C(C)N. The van der Waals surface area contributed by atoms with Gasteiger partial charge in [0.1, 0.15) is 0 Å². The van der Waals surface area contributed by atoms with Gasteiger partial charge in [-0.25, -0.2) is 0 Å². The molecule has 3 nitrogen and oxygen atoms in total. The zero-order valence-electron chi connectivity index (χ0n) is 7.72. The van der Waals surface area contributed by atoms with Crippen LogP contribution in [0.2, 0.25) is 0 Å². The van der Waals surface area contributed by atoms with E-state index in [2.05, 4.69) is 24.2 Å². The molecule has 0 amide bonds. The lowest BCUT2D eigenvalue weighted by Crippen LogP contribution is -2.28. The lowest BCUT2D eigenvalue weighted by Gasteiger charge is -2.08. The highest BCUT2D eigenvalue weighted by molar-refractivity contribution is 5.77. The molecule has 0 aliphatic heterocycles. The van der Waals surface area contributed by atoms with E-state index in [1.54, 1.807) is 0 Å². The first-order chi connectivity index (χ1) is 5.16. The molecule has 0 radical (unpaired) electrons. The molecule has 66 valence electrons. The molecule has 0 heterocycles. The highest BCUT2D eigenvalue weighted by atomic mass is 14.9. The summed E-state index contributed by atoms with van der Waals surface area (Å²) in [5.74, 6) is 0.663. The van der Waals surface area contributed by atoms with E-state index in [-0.39, 0.29) is 0 Å². The fourth-order valence-electron chi connectivity index (χ4n) is 0.688. The Morgan fingerprint density at radius 3 is 2.73 bits per heavy atom. The highest BCUT2D eigenvalue weighted by Crippen LogP contribution is 1.85. The van der Waals surface area contributed by atoms with Crippen LogP contribution in [0.25, 0.3) is 0 Å². The maximum atomic E-state index is 5.36. The zero-order valence-corrected chi connectivity index (χ0v) is 7.72. The smallest absolute Gasteiger partial charge is 0.0906 e. The van der Waals surface area contributed by atoms with Crippen molar-refractivity contribution in [3.63, 3.8) is 0 Å². The Morgan fingerprint density at radius 2 is 2.27 bits per heavy atom. The number of nitrogens with zero attached hydrogens (tertiary/aromatic N) is 1. The van der Waals surface area contributed by atoms with E-state index in [9.17, 15) is 0 Å². The minimum atomic E-state index is 0.586. The topological polar surface area (TPSA) is 50.4 Å². The molecule has 0 aromatic rings. The Bertz CT molecular complexity index is 117. The van der Waals surface area contributed by atoms with Crippen molar-refractivity contribution in [3.05, 3.63) is 0 Å². The van der Waals surface area contributed by atoms with Crippen molar-refractivity contribution in [1.29, 1.82) is 0 Å². The number of hydrogen-bond acceptors (Lipinski definition) is 2. The van der Waals surface area contributed by atoms with Crippen LogP contribution in [0.15, 0.2) is 4.99 Å². The van der Waals surface area contributed by atoms with Crippen molar-refractivity contribution in [2.24, 2.45) is 10.7 Å². The molecule has 0 aliphatic rings. The van der Waals surface area contributed by atoms with Gasteiger partial charge in [0.05, 0.1) is 12.4 Å². The molecule has 0 aromatic carbocycles. The third kappa shape index (κ3) is 7.33. The molecule has 3 heteroatoms. The molecule has 0 saturated carbocycles. The lowest BCUT2D eigenvalue weighted by molar-refractivity contribution is 0.542. The summed E-state index contributed by atoms with van der Waals surface area (Å²) >= 11 is 0. The van der Waals surface area contributed by atoms with Crippen molar-refractivity contribution < 1.29 is 0 Å². The van der Waals surface area contributed by atoms with E-state index in [1.807, 2.05) is 6.92 Å². The van der Waals surface area contributed by atoms with E-state index in [1.165, 1.54) is 0 Å². The summed E-state index contributed by atoms with van der Waals surface area (Å²) in [7, 11) is 0. The first-order valence-electron chi connectivity index (χ1n) is 4.16. The molecular formula is C8H19N3. The summed E-state index contributed by atoms with van der Waals surface area (Å²) in [5, 5.41) is 3.32. The quantitative estimate of drug-likeness (QED) is 0.351. The van der Waals surface area contributed by atoms with Gasteiger partial charge < -0.3 is 11.1 Å². The third-order valence-corrected chi connectivity index (χ3v) is 1.58. The first kappa shape index (κ1) is 10.4. The van der Waals surface area contributed by atoms with E-state index < -0.39 is 0 Å². The van der Waals surface area contributed by atoms with Gasteiger partial charge in [0.15, 0.2) is 0 Å². The van der Waals surface area contributed by atoms with Gasteiger partial charge in [-0.1, -0.05) is 6.92 Å². The summed E-state index contributed by atoms with van der Waals surface area (Å²) in [6.45, 7) is 7.84. The normalized spacial score (nSPS) is 15.0. The second kappa shape index (κ2) is 6.16. The Kier molecular flexibility index (Phi) is 5.84. The molecule has 0 saturated heterocycles. The van der Waals surface area contributed by atoms with Gasteiger partial charge in [0, 0.05) is 12.6 Å². The van der Waals surface area contributed by atoms with Crippen molar-refractivity contribution in [1.82, 2.24) is 5.32 Å². The van der Waals surface area contributed by atoms with Crippen LogP contribution in [-0.4, -0.2) is 25.0 Å². The average molecular weight is 157 g/mol. The number of rotatable bonds is 5. The monoisotopic (exact) mass is 157 g/mol. The van der Waals surface area contributed by atoms with Crippen LogP contribution >= 0.6 is 0 Å². The first-order valence-corrected chi connectivity index (χ1v) is 4.16.